The summed E-state index contributed by atoms with van der Waals surface area (Å²) in [6, 6.07) is -0.750. The van der Waals surface area contributed by atoms with E-state index in [0.717, 1.165) is 19.0 Å². The molecule has 11 heteroatoms. The van der Waals surface area contributed by atoms with Crippen molar-refractivity contribution in [1.82, 2.24) is 15.3 Å². The van der Waals surface area contributed by atoms with Crippen molar-refractivity contribution in [1.29, 1.82) is 0 Å². The number of aromatic nitrogens is 2. The van der Waals surface area contributed by atoms with E-state index in [4.69, 9.17) is 4.74 Å². The minimum atomic E-state index is -4.65. The number of carbonyl (C=O) groups is 1. The van der Waals surface area contributed by atoms with Crippen LogP contribution < -0.4 is 10.6 Å². The van der Waals surface area contributed by atoms with Crippen molar-refractivity contribution < 1.29 is 32.9 Å². The third-order valence-electron chi connectivity index (χ3n) is 6.42. The first-order valence-electron chi connectivity index (χ1n) is 10.1. The quantitative estimate of drug-likeness (QED) is 0.555. The molecule has 0 unspecified atom stereocenters. The Kier molecular flexibility index (Phi) is 5.62. The van der Waals surface area contributed by atoms with Crippen LogP contribution in [-0.4, -0.2) is 63.1 Å². The molecule has 0 radical (unpaired) electrons. The van der Waals surface area contributed by atoms with E-state index in [1.165, 1.54) is 19.3 Å². The van der Waals surface area contributed by atoms with Crippen LogP contribution in [0.25, 0.3) is 0 Å². The number of aliphatic hydroxyl groups excluding tert-OH is 2. The molecule has 0 bridgehead atoms. The minimum Gasteiger partial charge on any atom is -0.388 e. The van der Waals surface area contributed by atoms with Gasteiger partial charge in [-0.3, -0.25) is 9.78 Å². The lowest BCUT2D eigenvalue weighted by Crippen LogP contribution is -2.58. The van der Waals surface area contributed by atoms with Gasteiger partial charge in [-0.15, -0.1) is 0 Å². The number of anilines is 1. The average molecular weight is 430 g/mol. The van der Waals surface area contributed by atoms with Gasteiger partial charge < -0.3 is 25.6 Å². The Morgan fingerprint density at radius 1 is 1.23 bits per heavy atom. The van der Waals surface area contributed by atoms with Gasteiger partial charge in [-0.25, -0.2) is 4.98 Å². The summed E-state index contributed by atoms with van der Waals surface area (Å²) in [4.78, 5) is 19.2. The number of alkyl halides is 3. The van der Waals surface area contributed by atoms with Crippen molar-refractivity contribution >= 4 is 11.7 Å². The molecule has 30 heavy (non-hydrogen) atoms. The lowest BCUT2D eigenvalue weighted by molar-refractivity contribution is -0.152. The van der Waals surface area contributed by atoms with Crippen molar-refractivity contribution in [2.45, 2.75) is 75.1 Å². The smallest absolute Gasteiger partial charge is 0.388 e. The van der Waals surface area contributed by atoms with E-state index in [1.807, 2.05) is 0 Å². The molecule has 1 spiro atoms. The first kappa shape index (κ1) is 21.3. The number of nitrogens with zero attached hydrogens (tertiary/aromatic N) is 2. The number of aliphatic hydroxyl groups is 2. The Labute approximate surface area is 171 Å². The molecule has 2 saturated carbocycles. The van der Waals surface area contributed by atoms with Crippen LogP contribution in [0.1, 0.15) is 44.2 Å². The van der Waals surface area contributed by atoms with Gasteiger partial charge in [-0.2, -0.15) is 13.2 Å². The summed E-state index contributed by atoms with van der Waals surface area (Å²) in [5.41, 5.74) is -0.742. The SMILES string of the molecule is O=C(C[C@H]1OC[C@H](Nc2cncc(C(F)(F)F)n2)[C@@H](O)[C@H]1O)NC1CC2(CCC2)C1. The summed E-state index contributed by atoms with van der Waals surface area (Å²) in [6.07, 6.45) is -1.03. The third-order valence-corrected chi connectivity index (χ3v) is 6.42. The van der Waals surface area contributed by atoms with Crippen molar-refractivity contribution in [3.63, 3.8) is 0 Å². The maximum Gasteiger partial charge on any atom is 0.434 e. The average Bonchev–Trinajstić information content (AvgIpc) is 2.62. The van der Waals surface area contributed by atoms with Crippen molar-refractivity contribution in [3.05, 3.63) is 18.1 Å². The Morgan fingerprint density at radius 3 is 2.60 bits per heavy atom. The lowest BCUT2D eigenvalue weighted by Gasteiger charge is -2.54. The molecule has 2 aliphatic carbocycles. The van der Waals surface area contributed by atoms with Gasteiger partial charge in [0.2, 0.25) is 5.91 Å². The number of hydrogen-bond acceptors (Lipinski definition) is 7. The number of hydrogen-bond donors (Lipinski definition) is 4. The summed E-state index contributed by atoms with van der Waals surface area (Å²) in [7, 11) is 0. The fourth-order valence-corrected chi connectivity index (χ4v) is 4.59. The fourth-order valence-electron chi connectivity index (χ4n) is 4.59. The van der Waals surface area contributed by atoms with Crippen LogP contribution >= 0.6 is 0 Å². The molecule has 1 saturated heterocycles. The zero-order valence-corrected chi connectivity index (χ0v) is 16.2. The summed E-state index contributed by atoms with van der Waals surface area (Å²) in [5.74, 6) is -0.448. The molecule has 1 aromatic heterocycles. The van der Waals surface area contributed by atoms with E-state index in [2.05, 4.69) is 20.6 Å². The van der Waals surface area contributed by atoms with Gasteiger partial charge in [0.25, 0.3) is 0 Å². The van der Waals surface area contributed by atoms with Gasteiger partial charge in [0.15, 0.2) is 5.69 Å². The number of rotatable bonds is 5. The standard InChI is InChI=1S/C19H25F3N4O4/c20-19(21,22)13-7-23-8-14(26-13)25-11-9-30-12(17(29)16(11)28)4-15(27)24-10-5-18(6-10)2-1-3-18/h7-8,10-12,16-17,28-29H,1-6,9H2,(H,24,27)(H,25,26)/t11-,12+,16+,17-/m0/s1. The molecule has 0 aromatic carbocycles. The molecular weight excluding hydrogens is 405 g/mol. The molecule has 4 atom stereocenters. The van der Waals surface area contributed by atoms with Crippen LogP contribution in [-0.2, 0) is 15.7 Å². The van der Waals surface area contributed by atoms with Gasteiger partial charge in [0.05, 0.1) is 37.6 Å². The molecule has 4 N–H and O–H groups in total. The highest BCUT2D eigenvalue weighted by Gasteiger charge is 2.48. The Balaban J connectivity index is 1.27. The topological polar surface area (TPSA) is 117 Å². The molecule has 1 aliphatic heterocycles. The molecule has 4 rings (SSSR count). The minimum absolute atomic E-state index is 0.0994. The second-order valence-electron chi connectivity index (χ2n) is 8.62. The molecular formula is C19H25F3N4O4. The Hall–Kier alpha value is -1.98. The van der Waals surface area contributed by atoms with Crippen molar-refractivity contribution in [3.8, 4) is 0 Å². The first-order chi connectivity index (χ1) is 14.2. The zero-order chi connectivity index (χ0) is 21.5. The van der Waals surface area contributed by atoms with Crippen LogP contribution in [0.3, 0.4) is 0 Å². The predicted octanol–water partition coefficient (Wildman–Crippen LogP) is 1.24. The van der Waals surface area contributed by atoms with Gasteiger partial charge >= 0.3 is 6.18 Å². The zero-order valence-electron chi connectivity index (χ0n) is 16.2. The maximum atomic E-state index is 12.8. The van der Waals surface area contributed by atoms with E-state index in [-0.39, 0.29) is 30.8 Å². The number of halogens is 3. The second kappa shape index (κ2) is 7.93. The number of nitrogens with one attached hydrogen (secondary N) is 2. The van der Waals surface area contributed by atoms with Gasteiger partial charge in [-0.05, 0) is 31.1 Å². The van der Waals surface area contributed by atoms with E-state index in [9.17, 15) is 28.2 Å². The van der Waals surface area contributed by atoms with E-state index < -0.39 is 36.2 Å². The van der Waals surface area contributed by atoms with E-state index >= 15 is 0 Å². The van der Waals surface area contributed by atoms with Crippen molar-refractivity contribution in [2.24, 2.45) is 5.41 Å². The highest BCUT2D eigenvalue weighted by molar-refractivity contribution is 5.77. The maximum absolute atomic E-state index is 12.8. The number of carbonyl (C=O) groups excluding carboxylic acids is 1. The highest BCUT2D eigenvalue weighted by atomic mass is 19.4. The molecule has 3 fully saturated rings. The van der Waals surface area contributed by atoms with E-state index in [1.54, 1.807) is 0 Å². The summed E-state index contributed by atoms with van der Waals surface area (Å²) < 4.78 is 43.8. The molecule has 2 heterocycles. The summed E-state index contributed by atoms with van der Waals surface area (Å²) in [5, 5.41) is 26.3. The van der Waals surface area contributed by atoms with E-state index in [0.29, 0.717) is 11.6 Å². The summed E-state index contributed by atoms with van der Waals surface area (Å²) in [6.45, 7) is -0.110. The van der Waals surface area contributed by atoms with Crippen molar-refractivity contribution in [2.75, 3.05) is 11.9 Å². The van der Waals surface area contributed by atoms with Gasteiger partial charge in [0.1, 0.15) is 18.0 Å². The highest BCUT2D eigenvalue weighted by Crippen LogP contribution is 2.55. The molecule has 3 aliphatic rings. The third kappa shape index (κ3) is 4.37. The van der Waals surface area contributed by atoms with Crippen LogP contribution in [0.4, 0.5) is 19.0 Å². The fraction of sp³-hybridized carbons (Fsp3) is 0.737. The van der Waals surface area contributed by atoms with Crippen LogP contribution in [0, 0.1) is 5.41 Å². The first-order valence-corrected chi connectivity index (χ1v) is 10.1. The molecule has 1 amide bonds. The van der Waals surface area contributed by atoms with Crippen LogP contribution in [0.15, 0.2) is 12.4 Å². The van der Waals surface area contributed by atoms with Gasteiger partial charge in [0, 0.05) is 6.04 Å². The molecule has 1 aromatic rings. The van der Waals surface area contributed by atoms with Crippen LogP contribution in [0.2, 0.25) is 0 Å². The largest absolute Gasteiger partial charge is 0.434 e. The normalized spacial score (nSPS) is 31.0. The Morgan fingerprint density at radius 2 is 1.97 bits per heavy atom. The summed E-state index contributed by atoms with van der Waals surface area (Å²) >= 11 is 0. The lowest BCUT2D eigenvalue weighted by atomic mass is 9.54. The Bertz CT molecular complexity index is 781. The second-order valence-corrected chi connectivity index (χ2v) is 8.62. The number of amides is 1. The molecule has 166 valence electrons. The molecule has 8 nitrogen and oxygen atoms in total. The predicted molar refractivity (Wildman–Crippen MR) is 98.3 cm³/mol. The monoisotopic (exact) mass is 430 g/mol. The van der Waals surface area contributed by atoms with Crippen LogP contribution in [0.5, 0.6) is 0 Å². The number of ether oxygens (including phenoxy) is 1. The van der Waals surface area contributed by atoms with Gasteiger partial charge in [-0.1, -0.05) is 6.42 Å².